The van der Waals surface area contributed by atoms with Crippen molar-refractivity contribution >= 4 is 35.5 Å². The van der Waals surface area contributed by atoms with E-state index in [0.717, 1.165) is 46.0 Å². The first kappa shape index (κ1) is 35.1. The number of alkyl halides is 3. The molecule has 1 aliphatic rings. The second-order valence-corrected chi connectivity index (χ2v) is 12.5. The number of halogens is 3. The molecular weight excluding hydrogens is 659 g/mol. The van der Waals surface area contributed by atoms with Crippen molar-refractivity contribution in [3.05, 3.63) is 105 Å². The molecule has 1 fully saturated rings. The van der Waals surface area contributed by atoms with E-state index >= 15 is 0 Å². The summed E-state index contributed by atoms with van der Waals surface area (Å²) in [5.74, 6) is 0.0151. The zero-order valence-corrected chi connectivity index (χ0v) is 28.4. The van der Waals surface area contributed by atoms with Crippen LogP contribution in [0.2, 0.25) is 0 Å². The van der Waals surface area contributed by atoms with E-state index in [9.17, 15) is 28.0 Å². The van der Waals surface area contributed by atoms with Crippen molar-refractivity contribution in [1.82, 2.24) is 9.88 Å². The number of benzene rings is 4. The maximum absolute atomic E-state index is 13.9. The Balaban J connectivity index is 1.32. The predicted octanol–water partition coefficient (Wildman–Crippen LogP) is 8.66. The van der Waals surface area contributed by atoms with Gasteiger partial charge in [-0.25, -0.2) is 4.98 Å². The van der Waals surface area contributed by atoms with E-state index in [1.165, 1.54) is 26.4 Å². The van der Waals surface area contributed by atoms with Crippen molar-refractivity contribution in [2.45, 2.75) is 33.0 Å². The SMILES string of the molecule is COC(=O)[C@@H]1CCN(Cc2cc(C#N)c3oc(-c4cccc(-c5cccc(/C=C/c6cc(OC)c(C=O)cc6C(F)(F)F)c5C)c4C)nc3c2)C1. The van der Waals surface area contributed by atoms with Crippen molar-refractivity contribution in [3.63, 3.8) is 0 Å². The molecule has 51 heavy (non-hydrogen) atoms. The zero-order chi connectivity index (χ0) is 36.4. The van der Waals surface area contributed by atoms with Gasteiger partial charge in [-0.15, -0.1) is 0 Å². The first-order chi connectivity index (χ1) is 24.4. The molecule has 1 atom stereocenters. The van der Waals surface area contributed by atoms with E-state index < -0.39 is 11.7 Å². The van der Waals surface area contributed by atoms with E-state index in [0.29, 0.717) is 53.9 Å². The lowest BCUT2D eigenvalue weighted by atomic mass is 9.91. The molecule has 0 amide bonds. The Morgan fingerprint density at radius 2 is 1.71 bits per heavy atom. The van der Waals surface area contributed by atoms with E-state index in [4.69, 9.17) is 18.9 Å². The summed E-state index contributed by atoms with van der Waals surface area (Å²) >= 11 is 0. The van der Waals surface area contributed by atoms with E-state index in [2.05, 4.69) is 11.0 Å². The van der Waals surface area contributed by atoms with Gasteiger partial charge in [-0.05, 0) is 96.1 Å². The second kappa shape index (κ2) is 14.2. The lowest BCUT2D eigenvalue weighted by Gasteiger charge is -2.15. The number of hydrogen-bond donors (Lipinski definition) is 0. The van der Waals surface area contributed by atoms with Crippen LogP contribution in [0.3, 0.4) is 0 Å². The number of carbonyl (C=O) groups is 2. The number of aromatic nitrogens is 1. The molecule has 4 aromatic carbocycles. The molecule has 11 heteroatoms. The first-order valence-electron chi connectivity index (χ1n) is 16.2. The molecule has 6 rings (SSSR count). The average molecular weight is 694 g/mol. The minimum absolute atomic E-state index is 0.0493. The summed E-state index contributed by atoms with van der Waals surface area (Å²) in [6.07, 6.45) is -0.641. The van der Waals surface area contributed by atoms with Gasteiger partial charge in [-0.1, -0.05) is 42.5 Å². The van der Waals surface area contributed by atoms with Crippen LogP contribution in [-0.2, 0) is 22.3 Å². The molecule has 0 aliphatic carbocycles. The van der Waals surface area contributed by atoms with Crippen LogP contribution >= 0.6 is 0 Å². The van der Waals surface area contributed by atoms with Crippen LogP contribution in [0.5, 0.6) is 5.75 Å². The number of carbonyl (C=O) groups excluding carboxylic acids is 2. The van der Waals surface area contributed by atoms with Gasteiger partial charge < -0.3 is 13.9 Å². The van der Waals surface area contributed by atoms with Crippen molar-refractivity contribution in [1.29, 1.82) is 5.26 Å². The molecule has 0 radical (unpaired) electrons. The number of hydrogen-bond acceptors (Lipinski definition) is 8. The molecule has 2 heterocycles. The largest absolute Gasteiger partial charge is 0.496 e. The minimum Gasteiger partial charge on any atom is -0.496 e. The van der Waals surface area contributed by atoms with Crippen LogP contribution in [0.25, 0.3) is 45.8 Å². The summed E-state index contributed by atoms with van der Waals surface area (Å²) in [4.78, 5) is 30.3. The van der Waals surface area contributed by atoms with Crippen LogP contribution in [-0.4, -0.2) is 49.4 Å². The Labute approximate surface area is 292 Å². The molecule has 0 spiro atoms. The average Bonchev–Trinajstić information content (AvgIpc) is 3.77. The molecule has 1 aliphatic heterocycles. The molecule has 260 valence electrons. The number of esters is 1. The van der Waals surface area contributed by atoms with Crippen molar-refractivity contribution in [2.75, 3.05) is 27.3 Å². The molecule has 0 unspecified atom stereocenters. The topological polar surface area (TPSA) is 106 Å². The Bertz CT molecular complexity index is 2230. The summed E-state index contributed by atoms with van der Waals surface area (Å²) in [7, 11) is 2.69. The number of nitrogens with zero attached hydrogens (tertiary/aromatic N) is 3. The normalized spacial score (nSPS) is 15.0. The standard InChI is InChI=1S/C40H34F3N3O5/c1-23-26(11-12-27-18-36(49-3)30(22-47)17-34(27)40(41,42)43)7-5-8-31(23)32-9-6-10-33(24(32)2)38-45-35-16-25(15-29(19-44)37(35)51-38)20-46-14-13-28(21-46)39(48)50-4/h5-12,15-18,22,28H,13-14,20-21H2,1-4H3/b12-11+/t28-/m1/s1. The van der Waals surface area contributed by atoms with E-state index in [-0.39, 0.29) is 28.8 Å². The third-order valence-electron chi connectivity index (χ3n) is 9.39. The Morgan fingerprint density at radius 1 is 1.00 bits per heavy atom. The van der Waals surface area contributed by atoms with Crippen LogP contribution in [0.15, 0.2) is 65.1 Å². The number of fused-ring (bicyclic) bond motifs is 1. The summed E-state index contributed by atoms with van der Waals surface area (Å²) < 4.78 is 58.1. The van der Waals surface area contributed by atoms with Crippen molar-refractivity contribution in [3.8, 4) is 34.4 Å². The second-order valence-electron chi connectivity index (χ2n) is 12.5. The van der Waals surface area contributed by atoms with Crippen LogP contribution in [0.1, 0.15) is 55.7 Å². The predicted molar refractivity (Wildman–Crippen MR) is 187 cm³/mol. The van der Waals surface area contributed by atoms with Gasteiger partial charge in [0, 0.05) is 18.7 Å². The van der Waals surface area contributed by atoms with E-state index in [1.54, 1.807) is 12.1 Å². The fourth-order valence-electron chi connectivity index (χ4n) is 6.70. The summed E-state index contributed by atoms with van der Waals surface area (Å²) in [5.41, 5.74) is 5.81. The highest BCUT2D eigenvalue weighted by Gasteiger charge is 2.34. The van der Waals surface area contributed by atoms with Crippen LogP contribution < -0.4 is 4.74 Å². The molecule has 8 nitrogen and oxygen atoms in total. The summed E-state index contributed by atoms with van der Waals surface area (Å²) in [6, 6.07) is 19.3. The smallest absolute Gasteiger partial charge is 0.417 e. The molecule has 1 saturated heterocycles. The highest BCUT2D eigenvalue weighted by atomic mass is 19.4. The number of nitriles is 1. The van der Waals surface area contributed by atoms with Gasteiger partial charge in [-0.2, -0.15) is 18.4 Å². The number of rotatable bonds is 9. The van der Waals surface area contributed by atoms with Crippen molar-refractivity contribution < 1.29 is 36.7 Å². The molecular formula is C40H34F3N3O5. The Hall–Kier alpha value is -5.73. The van der Waals surface area contributed by atoms with Gasteiger partial charge in [0.1, 0.15) is 17.3 Å². The van der Waals surface area contributed by atoms with Gasteiger partial charge in [0.2, 0.25) is 5.89 Å². The lowest BCUT2D eigenvalue weighted by Crippen LogP contribution is -2.23. The van der Waals surface area contributed by atoms with Crippen LogP contribution in [0.4, 0.5) is 13.2 Å². The van der Waals surface area contributed by atoms with Gasteiger partial charge >= 0.3 is 12.1 Å². The number of methoxy groups -OCH3 is 2. The summed E-state index contributed by atoms with van der Waals surface area (Å²) in [5, 5.41) is 9.98. The summed E-state index contributed by atoms with van der Waals surface area (Å²) in [6.45, 7) is 5.71. The maximum atomic E-state index is 13.9. The van der Waals surface area contributed by atoms with Crippen molar-refractivity contribution in [2.24, 2.45) is 5.92 Å². The Kier molecular flexibility index (Phi) is 9.81. The van der Waals surface area contributed by atoms with E-state index in [1.807, 2.05) is 56.3 Å². The highest BCUT2D eigenvalue weighted by molar-refractivity contribution is 5.86. The molecule has 0 saturated carbocycles. The maximum Gasteiger partial charge on any atom is 0.417 e. The molecule has 1 aromatic heterocycles. The van der Waals surface area contributed by atoms with Gasteiger partial charge in [0.05, 0.1) is 36.8 Å². The number of aldehydes is 1. The van der Waals surface area contributed by atoms with Gasteiger partial charge in [0.25, 0.3) is 0 Å². The molecule has 0 N–H and O–H groups in total. The molecule has 5 aromatic rings. The minimum atomic E-state index is -4.68. The Morgan fingerprint density at radius 3 is 2.39 bits per heavy atom. The number of likely N-dealkylation sites (tertiary alicyclic amines) is 1. The lowest BCUT2D eigenvalue weighted by molar-refractivity contribution is -0.145. The fourth-order valence-corrected chi connectivity index (χ4v) is 6.70. The third-order valence-corrected chi connectivity index (χ3v) is 9.39. The quantitative estimate of drug-likeness (QED) is 0.0858. The monoisotopic (exact) mass is 693 g/mol. The van der Waals surface area contributed by atoms with Crippen LogP contribution in [0, 0.1) is 31.1 Å². The fraction of sp³-hybridized carbons (Fsp3) is 0.250. The molecule has 0 bridgehead atoms. The zero-order valence-electron chi connectivity index (χ0n) is 28.4. The third kappa shape index (κ3) is 7.00. The van der Waals surface area contributed by atoms with Gasteiger partial charge in [0.15, 0.2) is 11.9 Å². The number of oxazole rings is 1. The van der Waals surface area contributed by atoms with Gasteiger partial charge in [-0.3, -0.25) is 14.5 Å². The number of ether oxygens (including phenoxy) is 2. The highest BCUT2D eigenvalue weighted by Crippen LogP contribution is 2.38. The first-order valence-corrected chi connectivity index (χ1v) is 16.2.